The van der Waals surface area contributed by atoms with Crippen molar-refractivity contribution in [2.75, 3.05) is 6.54 Å². The largest absolute Gasteiger partial charge is 0.331 e. The summed E-state index contributed by atoms with van der Waals surface area (Å²) < 4.78 is 2.00. The Bertz CT molecular complexity index is 1120. The SMILES string of the molecule is Cc1nn(C(C)(C)C)c2nc(C3CC3)cc(C(=O)N3CCc4sccc4C3C)c12. The fraction of sp³-hybridized carbons (Fsp3) is 0.522. The van der Waals surface area contributed by atoms with Gasteiger partial charge in [-0.15, -0.1) is 11.3 Å². The number of aromatic nitrogens is 3. The highest BCUT2D eigenvalue weighted by Crippen LogP contribution is 2.42. The van der Waals surface area contributed by atoms with Gasteiger partial charge in [-0.05, 0) is 77.0 Å². The van der Waals surface area contributed by atoms with Crippen LogP contribution in [0, 0.1) is 6.92 Å². The molecule has 0 aromatic carbocycles. The average Bonchev–Trinajstić information content (AvgIpc) is 3.30. The summed E-state index contributed by atoms with van der Waals surface area (Å²) in [5.41, 5.74) is 4.66. The molecular formula is C23H28N4OS. The van der Waals surface area contributed by atoms with Gasteiger partial charge in [0.05, 0.1) is 28.2 Å². The number of carbonyl (C=O) groups is 1. The highest BCUT2D eigenvalue weighted by molar-refractivity contribution is 7.10. The van der Waals surface area contributed by atoms with Crippen LogP contribution in [-0.2, 0) is 12.0 Å². The summed E-state index contributed by atoms with van der Waals surface area (Å²) >= 11 is 1.80. The third-order valence-corrected chi connectivity index (χ3v) is 7.23. The van der Waals surface area contributed by atoms with E-state index in [9.17, 15) is 4.79 Å². The average molecular weight is 409 g/mol. The Hall–Kier alpha value is -2.21. The van der Waals surface area contributed by atoms with E-state index in [4.69, 9.17) is 10.1 Å². The fourth-order valence-electron chi connectivity index (χ4n) is 4.47. The number of hydrogen-bond donors (Lipinski definition) is 0. The van der Waals surface area contributed by atoms with Gasteiger partial charge >= 0.3 is 0 Å². The third-order valence-electron chi connectivity index (χ3n) is 6.23. The van der Waals surface area contributed by atoms with Crippen molar-refractivity contribution in [2.24, 2.45) is 0 Å². The molecule has 5 rings (SSSR count). The number of nitrogens with zero attached hydrogens (tertiary/aromatic N) is 4. The Labute approximate surface area is 175 Å². The lowest BCUT2D eigenvalue weighted by Gasteiger charge is -2.34. The molecule has 2 aliphatic rings. The van der Waals surface area contributed by atoms with Crippen LogP contribution in [0.25, 0.3) is 11.0 Å². The highest BCUT2D eigenvalue weighted by atomic mass is 32.1. The molecule has 1 aliphatic carbocycles. The minimum absolute atomic E-state index is 0.100. The van der Waals surface area contributed by atoms with Gasteiger partial charge in [-0.2, -0.15) is 5.10 Å². The van der Waals surface area contributed by atoms with E-state index in [0.29, 0.717) is 5.92 Å². The first kappa shape index (κ1) is 18.8. The summed E-state index contributed by atoms with van der Waals surface area (Å²) in [5.74, 6) is 0.594. The minimum Gasteiger partial charge on any atom is -0.331 e. The number of thiophene rings is 1. The monoisotopic (exact) mass is 408 g/mol. The number of hydrogen-bond acceptors (Lipinski definition) is 4. The lowest BCUT2D eigenvalue weighted by Crippen LogP contribution is -2.38. The van der Waals surface area contributed by atoms with E-state index in [1.807, 2.05) is 16.5 Å². The second-order valence-corrected chi connectivity index (χ2v) is 10.5. The molecule has 4 heterocycles. The van der Waals surface area contributed by atoms with Gasteiger partial charge in [-0.1, -0.05) is 0 Å². The molecule has 0 N–H and O–H groups in total. The van der Waals surface area contributed by atoms with E-state index in [1.165, 1.54) is 10.4 Å². The van der Waals surface area contributed by atoms with Crippen LogP contribution in [0.4, 0.5) is 0 Å². The topological polar surface area (TPSA) is 51.0 Å². The van der Waals surface area contributed by atoms with Crippen molar-refractivity contribution >= 4 is 28.3 Å². The molecule has 3 aromatic heterocycles. The van der Waals surface area contributed by atoms with Gasteiger partial charge in [-0.25, -0.2) is 9.67 Å². The lowest BCUT2D eigenvalue weighted by atomic mass is 9.99. The highest BCUT2D eigenvalue weighted by Gasteiger charge is 2.34. The molecule has 29 heavy (non-hydrogen) atoms. The number of amides is 1. The van der Waals surface area contributed by atoms with Crippen LogP contribution in [0.3, 0.4) is 0 Å². The quantitative estimate of drug-likeness (QED) is 0.586. The molecule has 152 valence electrons. The van der Waals surface area contributed by atoms with Gasteiger partial charge in [0.15, 0.2) is 5.65 Å². The van der Waals surface area contributed by atoms with Gasteiger partial charge in [-0.3, -0.25) is 4.79 Å². The van der Waals surface area contributed by atoms with Crippen molar-refractivity contribution < 1.29 is 4.79 Å². The Morgan fingerprint density at radius 3 is 2.72 bits per heavy atom. The van der Waals surface area contributed by atoms with E-state index >= 15 is 0 Å². The molecule has 6 heteroatoms. The van der Waals surface area contributed by atoms with Gasteiger partial charge in [0.1, 0.15) is 0 Å². The molecule has 1 atom stereocenters. The lowest BCUT2D eigenvalue weighted by molar-refractivity contribution is 0.0681. The normalized spacial score (nSPS) is 19.6. The number of carbonyl (C=O) groups excluding carboxylic acids is 1. The maximum absolute atomic E-state index is 13.8. The predicted molar refractivity (Wildman–Crippen MR) is 117 cm³/mol. The number of pyridine rings is 1. The number of aryl methyl sites for hydroxylation is 1. The van der Waals surface area contributed by atoms with Crippen molar-refractivity contribution in [3.05, 3.63) is 44.9 Å². The van der Waals surface area contributed by atoms with E-state index in [1.54, 1.807) is 11.3 Å². The van der Waals surface area contributed by atoms with Crippen LogP contribution in [0.15, 0.2) is 17.5 Å². The molecule has 0 radical (unpaired) electrons. The smallest absolute Gasteiger partial charge is 0.255 e. The zero-order chi connectivity index (χ0) is 20.5. The number of rotatable bonds is 2. The second kappa shape index (κ2) is 6.39. The first-order valence-corrected chi connectivity index (χ1v) is 11.4. The standard InChI is InChI=1S/C23H28N4OS/c1-13-20-17(22(28)26-10-8-19-16(14(26)2)9-11-29-19)12-18(15-6-7-15)24-21(20)27(25-13)23(3,4)5/h9,11-12,14-15H,6-8,10H2,1-5H3. The van der Waals surface area contributed by atoms with Gasteiger partial charge in [0.2, 0.25) is 0 Å². The molecule has 1 amide bonds. The van der Waals surface area contributed by atoms with E-state index in [2.05, 4.69) is 45.2 Å². The van der Waals surface area contributed by atoms with Crippen LogP contribution in [-0.4, -0.2) is 32.1 Å². The maximum atomic E-state index is 13.8. The minimum atomic E-state index is -0.188. The van der Waals surface area contributed by atoms with Crippen molar-refractivity contribution in [3.8, 4) is 0 Å². The molecule has 1 fully saturated rings. The Morgan fingerprint density at radius 1 is 1.28 bits per heavy atom. The Morgan fingerprint density at radius 2 is 2.03 bits per heavy atom. The van der Waals surface area contributed by atoms with Gasteiger partial charge in [0, 0.05) is 23.0 Å². The summed E-state index contributed by atoms with van der Waals surface area (Å²) in [6, 6.07) is 4.33. The zero-order valence-electron chi connectivity index (χ0n) is 17.8. The third kappa shape index (κ3) is 3.00. The van der Waals surface area contributed by atoms with Crippen LogP contribution < -0.4 is 0 Å². The Balaban J connectivity index is 1.66. The van der Waals surface area contributed by atoms with Crippen LogP contribution in [0.2, 0.25) is 0 Å². The summed E-state index contributed by atoms with van der Waals surface area (Å²) in [6.07, 6.45) is 3.26. The van der Waals surface area contributed by atoms with E-state index < -0.39 is 0 Å². The molecular weight excluding hydrogens is 380 g/mol. The van der Waals surface area contributed by atoms with E-state index in [-0.39, 0.29) is 17.5 Å². The van der Waals surface area contributed by atoms with Crippen LogP contribution in [0.5, 0.6) is 0 Å². The molecule has 0 spiro atoms. The first-order valence-electron chi connectivity index (χ1n) is 10.5. The Kier molecular flexibility index (Phi) is 4.14. The van der Waals surface area contributed by atoms with Crippen LogP contribution in [0.1, 0.15) is 84.7 Å². The molecule has 1 unspecified atom stereocenters. The summed E-state index contributed by atoms with van der Waals surface area (Å²) in [4.78, 5) is 22.3. The van der Waals surface area contributed by atoms with E-state index in [0.717, 1.165) is 53.8 Å². The van der Waals surface area contributed by atoms with Crippen molar-refractivity contribution in [1.29, 1.82) is 0 Å². The fourth-order valence-corrected chi connectivity index (χ4v) is 5.44. The predicted octanol–water partition coefficient (Wildman–Crippen LogP) is 5.19. The van der Waals surface area contributed by atoms with Gasteiger partial charge in [0.25, 0.3) is 5.91 Å². The molecule has 1 saturated carbocycles. The van der Waals surface area contributed by atoms with Crippen LogP contribution >= 0.6 is 11.3 Å². The van der Waals surface area contributed by atoms with Crippen molar-refractivity contribution in [1.82, 2.24) is 19.7 Å². The van der Waals surface area contributed by atoms with Gasteiger partial charge < -0.3 is 4.90 Å². The summed E-state index contributed by atoms with van der Waals surface area (Å²) in [7, 11) is 0. The first-order chi connectivity index (χ1) is 13.8. The maximum Gasteiger partial charge on any atom is 0.255 e. The molecule has 5 nitrogen and oxygen atoms in total. The molecule has 0 bridgehead atoms. The molecule has 1 aliphatic heterocycles. The zero-order valence-corrected chi connectivity index (χ0v) is 18.6. The van der Waals surface area contributed by atoms with Crippen molar-refractivity contribution in [3.63, 3.8) is 0 Å². The second-order valence-electron chi connectivity index (χ2n) is 9.46. The number of fused-ring (bicyclic) bond motifs is 2. The summed E-state index contributed by atoms with van der Waals surface area (Å²) in [5, 5.41) is 7.86. The molecule has 0 saturated heterocycles. The molecule has 3 aromatic rings. The van der Waals surface area contributed by atoms with Crippen molar-refractivity contribution in [2.45, 2.75) is 71.4 Å². The summed E-state index contributed by atoms with van der Waals surface area (Å²) in [6.45, 7) is 11.3.